The average Bonchev–Trinajstić information content (AvgIpc) is 4.05. The van der Waals surface area contributed by atoms with Gasteiger partial charge < -0.3 is 9.47 Å². The van der Waals surface area contributed by atoms with Crippen LogP contribution >= 0.6 is 0 Å². The van der Waals surface area contributed by atoms with E-state index in [1.54, 1.807) is 21.8 Å². The van der Waals surface area contributed by atoms with E-state index < -0.39 is 15.9 Å². The minimum Gasteiger partial charge on any atom is -0.381 e. The predicted octanol–water partition coefficient (Wildman–Crippen LogP) is 14.0. The third kappa shape index (κ3) is 8.10. The van der Waals surface area contributed by atoms with Crippen LogP contribution in [-0.2, 0) is 14.5 Å². The lowest BCUT2D eigenvalue weighted by Gasteiger charge is -2.52. The summed E-state index contributed by atoms with van der Waals surface area (Å²) in [5.41, 5.74) is 8.15. The van der Waals surface area contributed by atoms with Gasteiger partial charge in [0.05, 0.1) is 11.2 Å². The van der Waals surface area contributed by atoms with Gasteiger partial charge in [-0.05, 0) is 128 Å². The monoisotopic (exact) mass is 851 g/mol. The van der Waals surface area contributed by atoms with Gasteiger partial charge in [-0.2, -0.15) is 0 Å². The van der Waals surface area contributed by atoms with Crippen molar-refractivity contribution in [1.29, 1.82) is 0 Å². The molecule has 2 aromatic rings. The number of rotatable bonds is 5. The topological polar surface area (TPSA) is 43.2 Å². The molecule has 5 fully saturated rings. The van der Waals surface area contributed by atoms with Gasteiger partial charge in [0.15, 0.2) is 0 Å². The molecule has 0 unspecified atom stereocenters. The van der Waals surface area contributed by atoms with Gasteiger partial charge in [0.2, 0.25) is 0 Å². The number of ether oxygens (including phenoxy) is 2. The maximum absolute atomic E-state index is 6.51. The summed E-state index contributed by atoms with van der Waals surface area (Å²) in [6.07, 6.45) is 21.3. The zero-order valence-corrected chi connectivity index (χ0v) is 42.8. The smallest absolute Gasteiger partial charge is 0.123 e. The first kappa shape index (κ1) is 46.1. The molecule has 2 aromatic carbocycles. The molecular formula is C54H86N2O2Si2. The van der Waals surface area contributed by atoms with Crippen molar-refractivity contribution in [2.45, 2.75) is 219 Å². The fourth-order valence-corrected chi connectivity index (χ4v) is 38.1. The van der Waals surface area contributed by atoms with E-state index in [-0.39, 0.29) is 26.4 Å². The molecule has 2 aliphatic carbocycles. The van der Waals surface area contributed by atoms with E-state index in [0.29, 0.717) is 17.8 Å². The second-order valence-corrected chi connectivity index (χ2v) is 34.3. The summed E-state index contributed by atoms with van der Waals surface area (Å²) in [5.74, 6) is 1.41. The van der Waals surface area contributed by atoms with Crippen molar-refractivity contribution in [3.05, 3.63) is 58.7 Å². The number of fused-ring (bicyclic) bond motifs is 1. The van der Waals surface area contributed by atoms with E-state index in [4.69, 9.17) is 19.5 Å². The van der Waals surface area contributed by atoms with Crippen molar-refractivity contribution in [3.63, 3.8) is 0 Å². The molecule has 3 spiro atoms. The number of hydrogen-bond donors (Lipinski definition) is 0. The zero-order valence-electron chi connectivity index (χ0n) is 40.6. The Morgan fingerprint density at radius 1 is 0.583 bits per heavy atom. The minimum absolute atomic E-state index is 0.0204. The molecule has 3 saturated heterocycles. The number of nitrogens with zero attached hydrogens (tertiary/aromatic N) is 2. The Morgan fingerprint density at radius 3 is 1.52 bits per heavy atom. The fourth-order valence-electron chi connectivity index (χ4n) is 14.6. The summed E-state index contributed by atoms with van der Waals surface area (Å²) in [7, 11) is -4.41. The van der Waals surface area contributed by atoms with E-state index in [1.165, 1.54) is 120 Å². The lowest BCUT2D eigenvalue weighted by Crippen LogP contribution is -2.74. The van der Waals surface area contributed by atoms with Gasteiger partial charge in [-0.1, -0.05) is 149 Å². The van der Waals surface area contributed by atoms with Crippen LogP contribution in [0.3, 0.4) is 0 Å². The lowest BCUT2D eigenvalue weighted by molar-refractivity contribution is 0.198. The number of para-hydroxylation sites is 1. The molecule has 9 rings (SSSR count). The van der Waals surface area contributed by atoms with E-state index in [0.717, 1.165) is 26.4 Å². The van der Waals surface area contributed by atoms with Crippen LogP contribution < -0.4 is 5.19 Å². The fraction of sp³-hybridized carbons (Fsp3) is 0.741. The molecule has 5 heterocycles. The van der Waals surface area contributed by atoms with Crippen molar-refractivity contribution < 1.29 is 9.47 Å². The highest BCUT2D eigenvalue weighted by atomic mass is 29.2. The molecule has 4 nitrogen and oxygen atoms in total. The zero-order chi connectivity index (χ0) is 43.1. The Balaban J connectivity index is 0.000000477. The molecule has 5 aliphatic heterocycles. The van der Waals surface area contributed by atoms with Crippen molar-refractivity contribution in [1.82, 2.24) is 0 Å². The average molecular weight is 851 g/mol. The minimum atomic E-state index is -2.50. The van der Waals surface area contributed by atoms with Gasteiger partial charge in [0.1, 0.15) is 15.9 Å². The van der Waals surface area contributed by atoms with E-state index in [9.17, 15) is 0 Å². The van der Waals surface area contributed by atoms with Gasteiger partial charge in [-0.25, -0.2) is 0 Å². The van der Waals surface area contributed by atoms with Crippen LogP contribution in [0.15, 0.2) is 46.4 Å². The first-order chi connectivity index (χ1) is 28.4. The Morgan fingerprint density at radius 2 is 1.05 bits per heavy atom. The molecule has 6 heteroatoms. The van der Waals surface area contributed by atoms with E-state index in [1.807, 2.05) is 5.19 Å². The van der Waals surface area contributed by atoms with Crippen LogP contribution in [0.4, 0.5) is 5.69 Å². The lowest BCUT2D eigenvalue weighted by atomic mass is 9.70. The van der Waals surface area contributed by atoms with E-state index in [2.05, 4.69) is 119 Å². The molecule has 0 bridgehead atoms. The van der Waals surface area contributed by atoms with Crippen LogP contribution in [0.1, 0.15) is 226 Å². The van der Waals surface area contributed by atoms with Gasteiger partial charge in [0, 0.05) is 47.9 Å². The van der Waals surface area contributed by atoms with Crippen LogP contribution in [0.2, 0.25) is 5.04 Å². The van der Waals surface area contributed by atoms with Crippen molar-refractivity contribution in [2.75, 3.05) is 26.4 Å². The van der Waals surface area contributed by atoms with Gasteiger partial charge >= 0.3 is 0 Å². The Kier molecular flexibility index (Phi) is 13.8. The Labute approximate surface area is 370 Å². The number of aliphatic imine (C=N–C) groups is 2. The molecule has 2 saturated carbocycles. The Hall–Kier alpha value is -1.87. The standard InChI is InChI=1S/C46H70N2Si2.2C4H8O/c1-31(2)34-21-19-22-35(32(3)4)38(34)47-41-46(27-17-14-18-28-46)30-43(9,10)50(41)44(11,12)37-24-20-23-36(33(5)6)39(37)49(50)40-45(25-15-13-16-26-45)29-42(7,8)48-40;2*1-2-4-5-3-1/h19-24,31-33,49H,13-18,25-30H2,1-12H3;2*1-4H2/t49-,50-;;/m0../s1. The molecule has 2 atom stereocenters. The highest BCUT2D eigenvalue weighted by Gasteiger charge is 2.78. The maximum atomic E-state index is 6.51. The third-order valence-corrected chi connectivity index (χ3v) is 35.7. The molecule has 0 amide bonds. The van der Waals surface area contributed by atoms with Crippen LogP contribution in [0.5, 0.6) is 0 Å². The van der Waals surface area contributed by atoms with Crippen LogP contribution in [-0.4, -0.2) is 58.5 Å². The SMILES string of the molecule is C1CCOC1.C1CCOC1.CC(C)c1cccc(C(C)C)c1N=C1C2(CCCCC2)CC(C)(C)[Si@@]12[Si@H](C1=NC(C)(C)CC13CCCCC3)c1c(C(C)C)cccc1C2(C)C. The second kappa shape index (κ2) is 18.0. The summed E-state index contributed by atoms with van der Waals surface area (Å²) in [5, 5.41) is 5.71. The normalized spacial score (nSPS) is 28.7. The van der Waals surface area contributed by atoms with Crippen LogP contribution in [0, 0.1) is 10.8 Å². The highest BCUT2D eigenvalue weighted by Crippen LogP contribution is 2.70. The molecule has 332 valence electrons. The molecule has 0 radical (unpaired) electrons. The Bertz CT molecular complexity index is 1820. The van der Waals surface area contributed by atoms with E-state index >= 15 is 0 Å². The van der Waals surface area contributed by atoms with Crippen molar-refractivity contribution in [2.24, 2.45) is 20.8 Å². The molecular weight excluding hydrogens is 765 g/mol. The maximum Gasteiger partial charge on any atom is 0.123 e. The molecule has 60 heavy (non-hydrogen) atoms. The van der Waals surface area contributed by atoms with Crippen LogP contribution in [0.25, 0.3) is 0 Å². The first-order valence-corrected chi connectivity index (χ1v) is 30.0. The molecule has 7 aliphatic rings. The number of hydrogen-bond acceptors (Lipinski definition) is 4. The van der Waals surface area contributed by atoms with Gasteiger partial charge in [0.25, 0.3) is 0 Å². The summed E-state index contributed by atoms with van der Waals surface area (Å²) < 4.78 is 9.89. The molecule has 0 aromatic heterocycles. The third-order valence-electron chi connectivity index (χ3n) is 16.7. The quantitative estimate of drug-likeness (QED) is 0.281. The number of benzene rings is 2. The van der Waals surface area contributed by atoms with Crippen molar-refractivity contribution in [3.8, 4) is 0 Å². The summed E-state index contributed by atoms with van der Waals surface area (Å²) in [6, 6.07) is 14.7. The summed E-state index contributed by atoms with van der Waals surface area (Å²) in [6.45, 7) is 34.6. The summed E-state index contributed by atoms with van der Waals surface area (Å²) >= 11 is 0. The predicted molar refractivity (Wildman–Crippen MR) is 264 cm³/mol. The van der Waals surface area contributed by atoms with Gasteiger partial charge in [-0.15, -0.1) is 0 Å². The first-order valence-electron chi connectivity index (χ1n) is 25.1. The summed E-state index contributed by atoms with van der Waals surface area (Å²) in [4.78, 5) is 12.7. The largest absolute Gasteiger partial charge is 0.381 e. The molecule has 0 N–H and O–H groups in total. The highest BCUT2D eigenvalue weighted by molar-refractivity contribution is 7.61. The van der Waals surface area contributed by atoms with Gasteiger partial charge in [-0.3, -0.25) is 9.98 Å². The van der Waals surface area contributed by atoms with Crippen molar-refractivity contribution >= 4 is 37.4 Å². The second-order valence-electron chi connectivity index (χ2n) is 23.3.